The summed E-state index contributed by atoms with van der Waals surface area (Å²) < 4.78 is 1.22. The van der Waals surface area contributed by atoms with E-state index in [0.29, 0.717) is 0 Å². The number of allylic oxidation sites excluding steroid dienone is 1. The maximum atomic E-state index is 4.29. The van der Waals surface area contributed by atoms with E-state index in [1.807, 2.05) is 0 Å². The summed E-state index contributed by atoms with van der Waals surface area (Å²) in [5.74, 6) is 0. The SMILES string of the molecule is C=C(c1cccc(C)c1)C(C)(C)CCCI. The van der Waals surface area contributed by atoms with Gasteiger partial charge in [-0.1, -0.05) is 72.8 Å². The lowest BCUT2D eigenvalue weighted by Crippen LogP contribution is -2.13. The van der Waals surface area contributed by atoms with Gasteiger partial charge in [-0.15, -0.1) is 0 Å². The zero-order valence-corrected chi connectivity index (χ0v) is 12.7. The second-order valence-corrected chi connectivity index (χ2v) is 6.10. The molecule has 0 spiro atoms. The molecule has 0 radical (unpaired) electrons. The van der Waals surface area contributed by atoms with Gasteiger partial charge < -0.3 is 0 Å². The van der Waals surface area contributed by atoms with Crippen molar-refractivity contribution in [3.05, 3.63) is 42.0 Å². The van der Waals surface area contributed by atoms with Crippen LogP contribution in [0.5, 0.6) is 0 Å². The normalized spacial score (nSPS) is 11.5. The van der Waals surface area contributed by atoms with Crippen molar-refractivity contribution in [1.29, 1.82) is 0 Å². The van der Waals surface area contributed by atoms with Crippen molar-refractivity contribution < 1.29 is 0 Å². The summed E-state index contributed by atoms with van der Waals surface area (Å²) in [6.07, 6.45) is 2.47. The van der Waals surface area contributed by atoms with E-state index in [9.17, 15) is 0 Å². The third kappa shape index (κ3) is 3.62. The van der Waals surface area contributed by atoms with E-state index in [4.69, 9.17) is 0 Å². The minimum atomic E-state index is 0.207. The lowest BCUT2D eigenvalue weighted by atomic mass is 9.78. The van der Waals surface area contributed by atoms with Crippen LogP contribution < -0.4 is 0 Å². The highest BCUT2D eigenvalue weighted by Gasteiger charge is 2.22. The van der Waals surface area contributed by atoms with Gasteiger partial charge >= 0.3 is 0 Å². The van der Waals surface area contributed by atoms with Crippen molar-refractivity contribution in [1.82, 2.24) is 0 Å². The smallest absolute Gasteiger partial charge is 0.000441 e. The molecular formula is C15H21I. The third-order valence-electron chi connectivity index (χ3n) is 3.12. The largest absolute Gasteiger partial charge is 0.0947 e. The Kier molecular flexibility index (Phi) is 5.03. The molecule has 0 nitrogen and oxygen atoms in total. The average Bonchev–Trinajstić information content (AvgIpc) is 2.25. The van der Waals surface area contributed by atoms with Crippen molar-refractivity contribution in [2.45, 2.75) is 33.6 Å². The van der Waals surface area contributed by atoms with E-state index in [-0.39, 0.29) is 5.41 Å². The van der Waals surface area contributed by atoms with Crippen molar-refractivity contribution in [3.63, 3.8) is 0 Å². The maximum absolute atomic E-state index is 4.29. The standard InChI is InChI=1S/C15H21I/c1-12-7-5-8-14(11-12)13(2)15(3,4)9-6-10-16/h5,7-8,11H,2,6,9-10H2,1,3-4H3. The van der Waals surface area contributed by atoms with Crippen molar-refractivity contribution >= 4 is 28.2 Å². The van der Waals surface area contributed by atoms with E-state index >= 15 is 0 Å². The van der Waals surface area contributed by atoms with Crippen LogP contribution in [0.25, 0.3) is 5.57 Å². The summed E-state index contributed by atoms with van der Waals surface area (Å²) in [5.41, 5.74) is 4.07. The minimum Gasteiger partial charge on any atom is -0.0947 e. The van der Waals surface area contributed by atoms with Crippen LogP contribution in [0.4, 0.5) is 0 Å². The van der Waals surface area contributed by atoms with Gasteiger partial charge in [-0.25, -0.2) is 0 Å². The average molecular weight is 328 g/mol. The summed E-state index contributed by atoms with van der Waals surface area (Å²) in [6.45, 7) is 11.0. The van der Waals surface area contributed by atoms with Gasteiger partial charge in [-0.05, 0) is 40.7 Å². The first kappa shape index (κ1) is 13.8. The minimum absolute atomic E-state index is 0.207. The van der Waals surface area contributed by atoms with Crippen molar-refractivity contribution in [3.8, 4) is 0 Å². The van der Waals surface area contributed by atoms with E-state index in [1.54, 1.807) is 0 Å². The molecule has 0 aromatic heterocycles. The van der Waals surface area contributed by atoms with Gasteiger partial charge in [0.05, 0.1) is 0 Å². The zero-order valence-electron chi connectivity index (χ0n) is 10.5. The molecule has 0 aliphatic carbocycles. The predicted octanol–water partition coefficient (Wildman–Crippen LogP) is 5.25. The quantitative estimate of drug-likeness (QED) is 0.511. The van der Waals surface area contributed by atoms with Gasteiger partial charge in [0, 0.05) is 0 Å². The van der Waals surface area contributed by atoms with Crippen LogP contribution >= 0.6 is 22.6 Å². The van der Waals surface area contributed by atoms with E-state index < -0.39 is 0 Å². The molecule has 1 heteroatoms. The molecule has 0 fully saturated rings. The number of hydrogen-bond acceptors (Lipinski definition) is 0. The Bertz CT molecular complexity index is 363. The lowest BCUT2D eigenvalue weighted by Gasteiger charge is -2.27. The summed E-state index contributed by atoms with van der Waals surface area (Å²) in [6, 6.07) is 8.65. The molecule has 0 saturated carbocycles. The molecule has 0 saturated heterocycles. The fourth-order valence-electron chi connectivity index (χ4n) is 1.88. The molecule has 0 unspecified atom stereocenters. The van der Waals surface area contributed by atoms with Gasteiger partial charge in [0.25, 0.3) is 0 Å². The van der Waals surface area contributed by atoms with Crippen LogP contribution in [0.2, 0.25) is 0 Å². The van der Waals surface area contributed by atoms with E-state index in [0.717, 1.165) is 0 Å². The highest BCUT2D eigenvalue weighted by Crippen LogP contribution is 2.37. The summed E-state index contributed by atoms with van der Waals surface area (Å²) in [5, 5.41) is 0. The number of aryl methyl sites for hydroxylation is 1. The lowest BCUT2D eigenvalue weighted by molar-refractivity contribution is 0.454. The molecule has 0 aliphatic heterocycles. The van der Waals surface area contributed by atoms with Crippen LogP contribution in [-0.4, -0.2) is 4.43 Å². The molecule has 0 bridgehead atoms. The van der Waals surface area contributed by atoms with Crippen molar-refractivity contribution in [2.75, 3.05) is 4.43 Å². The molecule has 0 atom stereocenters. The molecular weight excluding hydrogens is 307 g/mol. The predicted molar refractivity (Wildman–Crippen MR) is 82.1 cm³/mol. The zero-order chi connectivity index (χ0) is 12.2. The van der Waals surface area contributed by atoms with Crippen molar-refractivity contribution in [2.24, 2.45) is 5.41 Å². The van der Waals surface area contributed by atoms with Crippen LogP contribution in [-0.2, 0) is 0 Å². The highest BCUT2D eigenvalue weighted by molar-refractivity contribution is 14.1. The van der Waals surface area contributed by atoms with E-state index in [1.165, 1.54) is 34.0 Å². The first-order valence-electron chi connectivity index (χ1n) is 5.80. The Morgan fingerprint density at radius 1 is 1.38 bits per heavy atom. The first-order chi connectivity index (χ1) is 7.47. The molecule has 0 amide bonds. The summed E-state index contributed by atoms with van der Waals surface area (Å²) in [4.78, 5) is 0. The van der Waals surface area contributed by atoms with E-state index in [2.05, 4.69) is 74.2 Å². The Balaban J connectivity index is 2.84. The molecule has 16 heavy (non-hydrogen) atoms. The molecule has 0 aliphatic rings. The van der Waals surface area contributed by atoms with Gasteiger partial charge in [0.2, 0.25) is 0 Å². The van der Waals surface area contributed by atoms with Crippen LogP contribution in [0, 0.1) is 12.3 Å². The first-order valence-corrected chi connectivity index (χ1v) is 7.32. The third-order valence-corrected chi connectivity index (χ3v) is 3.88. The molecule has 1 aromatic carbocycles. The monoisotopic (exact) mass is 328 g/mol. The van der Waals surface area contributed by atoms with Gasteiger partial charge in [-0.2, -0.15) is 0 Å². The Hall–Kier alpha value is -0.310. The fourth-order valence-corrected chi connectivity index (χ4v) is 2.26. The number of benzene rings is 1. The van der Waals surface area contributed by atoms with Crippen LogP contribution in [0.3, 0.4) is 0 Å². The topological polar surface area (TPSA) is 0 Å². The molecule has 0 N–H and O–H groups in total. The van der Waals surface area contributed by atoms with Gasteiger partial charge in [-0.3, -0.25) is 0 Å². The molecule has 1 aromatic rings. The maximum Gasteiger partial charge on any atom is -0.000441 e. The van der Waals surface area contributed by atoms with Gasteiger partial charge in [0.15, 0.2) is 0 Å². The molecule has 0 heterocycles. The van der Waals surface area contributed by atoms with Crippen LogP contribution in [0.15, 0.2) is 30.8 Å². The second kappa shape index (κ2) is 5.85. The Labute approximate surface area is 113 Å². The number of rotatable bonds is 5. The number of halogens is 1. The molecule has 88 valence electrons. The number of hydrogen-bond donors (Lipinski definition) is 0. The Morgan fingerprint density at radius 2 is 2.06 bits per heavy atom. The van der Waals surface area contributed by atoms with Crippen LogP contribution in [0.1, 0.15) is 37.8 Å². The van der Waals surface area contributed by atoms with Gasteiger partial charge in [0.1, 0.15) is 0 Å². The number of alkyl halides is 1. The highest BCUT2D eigenvalue weighted by atomic mass is 127. The fraction of sp³-hybridized carbons (Fsp3) is 0.467. The second-order valence-electron chi connectivity index (χ2n) is 5.02. The molecule has 1 rings (SSSR count). The summed E-state index contributed by atoms with van der Waals surface area (Å²) >= 11 is 2.44. The summed E-state index contributed by atoms with van der Waals surface area (Å²) in [7, 11) is 0. The Morgan fingerprint density at radius 3 is 2.62 bits per heavy atom.